The average molecular weight is 416 g/mol. The Balaban J connectivity index is 1.36. The lowest BCUT2D eigenvalue weighted by Crippen LogP contribution is -2.27. The van der Waals surface area contributed by atoms with E-state index in [-0.39, 0.29) is 0 Å². The molecule has 4 aromatic rings. The van der Waals surface area contributed by atoms with Gasteiger partial charge in [-0.15, -0.1) is 5.10 Å². The Hall–Kier alpha value is -3.21. The monoisotopic (exact) mass is 416 g/mol. The van der Waals surface area contributed by atoms with E-state index in [2.05, 4.69) is 40.5 Å². The predicted molar refractivity (Wildman–Crippen MR) is 117 cm³/mol. The van der Waals surface area contributed by atoms with Crippen molar-refractivity contribution in [3.05, 3.63) is 95.8 Å². The van der Waals surface area contributed by atoms with Crippen molar-refractivity contribution in [1.82, 2.24) is 20.1 Å². The van der Waals surface area contributed by atoms with Crippen molar-refractivity contribution < 1.29 is 9.09 Å². The zero-order chi connectivity index (χ0) is 20.6. The van der Waals surface area contributed by atoms with Crippen LogP contribution in [0, 0.1) is 6.92 Å². The van der Waals surface area contributed by atoms with E-state index in [1.165, 1.54) is 5.56 Å². The highest BCUT2D eigenvalue weighted by Gasteiger charge is 2.35. The highest BCUT2D eigenvalue weighted by atomic mass is 31.2. The van der Waals surface area contributed by atoms with Crippen molar-refractivity contribution in [2.45, 2.75) is 20.0 Å². The largest absolute Gasteiger partial charge is 0.429 e. The maximum atomic E-state index is 13.7. The van der Waals surface area contributed by atoms with Crippen molar-refractivity contribution in [3.63, 3.8) is 0 Å². The van der Waals surface area contributed by atoms with Gasteiger partial charge in [0.2, 0.25) is 0 Å². The number of rotatable bonds is 5. The van der Waals surface area contributed by atoms with Crippen LogP contribution in [-0.4, -0.2) is 15.0 Å². The maximum Gasteiger partial charge on any atom is 0.347 e. The lowest BCUT2D eigenvalue weighted by molar-refractivity contribution is 0.476. The standard InChI is InChI=1S/C23H21N4O2P/c1-17-7-6-8-18(13-17)15-27-16-19(25-26-27)14-24-30(28)23-12-5-3-10-21(23)20-9-2-4-11-22(20)29-30/h2-13,16H,14-15H2,1H3,(H,24,28). The molecule has 0 saturated carbocycles. The van der Waals surface area contributed by atoms with Gasteiger partial charge in [0.05, 0.1) is 30.3 Å². The van der Waals surface area contributed by atoms with Gasteiger partial charge in [-0.05, 0) is 24.6 Å². The SMILES string of the molecule is Cc1cccc(Cn2cc(CNP3(=O)Oc4ccccc4-c4ccccc43)nn2)c1. The molecule has 1 atom stereocenters. The van der Waals surface area contributed by atoms with Crippen molar-refractivity contribution in [1.29, 1.82) is 0 Å². The number of benzene rings is 3. The van der Waals surface area contributed by atoms with Crippen LogP contribution in [-0.2, 0) is 17.7 Å². The highest BCUT2D eigenvalue weighted by molar-refractivity contribution is 7.65. The molecule has 30 heavy (non-hydrogen) atoms. The second-order valence-electron chi connectivity index (χ2n) is 7.39. The van der Waals surface area contributed by atoms with Gasteiger partial charge in [-0.25, -0.2) is 9.77 Å². The molecule has 6 nitrogen and oxygen atoms in total. The minimum Gasteiger partial charge on any atom is -0.429 e. The molecule has 0 spiro atoms. The quantitative estimate of drug-likeness (QED) is 0.491. The minimum absolute atomic E-state index is 0.293. The Morgan fingerprint density at radius 1 is 1.00 bits per heavy atom. The molecule has 1 aliphatic rings. The molecule has 1 aromatic heterocycles. The molecule has 5 rings (SSSR count). The summed E-state index contributed by atoms with van der Waals surface area (Å²) in [7, 11) is -3.29. The molecule has 3 aromatic carbocycles. The van der Waals surface area contributed by atoms with Gasteiger partial charge in [0.25, 0.3) is 0 Å². The van der Waals surface area contributed by atoms with Crippen LogP contribution in [0.2, 0.25) is 0 Å². The lowest BCUT2D eigenvalue weighted by atomic mass is 10.0. The number of aryl methyl sites for hydroxylation is 1. The van der Waals surface area contributed by atoms with E-state index in [1.54, 1.807) is 4.68 Å². The first-order valence-electron chi connectivity index (χ1n) is 9.79. The third-order valence-electron chi connectivity index (χ3n) is 5.11. The van der Waals surface area contributed by atoms with Gasteiger partial charge in [-0.1, -0.05) is 71.4 Å². The average Bonchev–Trinajstić information content (AvgIpc) is 3.20. The topological polar surface area (TPSA) is 69.0 Å². The molecule has 0 amide bonds. The summed E-state index contributed by atoms with van der Waals surface area (Å²) in [5, 5.41) is 12.2. The Kier molecular flexibility index (Phi) is 4.74. The number of hydrogen-bond donors (Lipinski definition) is 1. The molecule has 2 heterocycles. The highest BCUT2D eigenvalue weighted by Crippen LogP contribution is 2.51. The molecule has 0 bridgehead atoms. The first-order valence-corrected chi connectivity index (χ1v) is 11.4. The van der Waals surface area contributed by atoms with Crippen LogP contribution in [0.5, 0.6) is 5.75 Å². The van der Waals surface area contributed by atoms with Crippen molar-refractivity contribution in [3.8, 4) is 16.9 Å². The predicted octanol–water partition coefficient (Wildman–Crippen LogP) is 4.30. The van der Waals surface area contributed by atoms with Crippen LogP contribution in [0.15, 0.2) is 79.0 Å². The molecule has 1 aliphatic heterocycles. The van der Waals surface area contributed by atoms with Gasteiger partial charge in [0.1, 0.15) is 5.75 Å². The Bertz CT molecular complexity index is 1270. The van der Waals surface area contributed by atoms with Crippen LogP contribution < -0.4 is 14.9 Å². The Labute approximate surface area is 175 Å². The zero-order valence-electron chi connectivity index (χ0n) is 16.5. The van der Waals surface area contributed by atoms with Gasteiger partial charge in [0.15, 0.2) is 0 Å². The second-order valence-corrected chi connectivity index (χ2v) is 9.47. The van der Waals surface area contributed by atoms with E-state index in [1.807, 2.05) is 60.8 Å². The Morgan fingerprint density at radius 2 is 1.80 bits per heavy atom. The first-order chi connectivity index (χ1) is 14.6. The van der Waals surface area contributed by atoms with Gasteiger partial charge in [-0.2, -0.15) is 0 Å². The van der Waals surface area contributed by atoms with Crippen molar-refractivity contribution in [2.24, 2.45) is 0 Å². The summed E-state index contributed by atoms with van der Waals surface area (Å²) >= 11 is 0. The fourth-order valence-electron chi connectivity index (χ4n) is 3.71. The molecule has 7 heteroatoms. The van der Waals surface area contributed by atoms with Crippen molar-refractivity contribution >= 4 is 12.8 Å². The van der Waals surface area contributed by atoms with Gasteiger partial charge >= 0.3 is 7.52 Å². The third-order valence-corrected chi connectivity index (χ3v) is 7.16. The molecule has 150 valence electrons. The summed E-state index contributed by atoms with van der Waals surface area (Å²) in [6.45, 7) is 3.00. The summed E-state index contributed by atoms with van der Waals surface area (Å²) in [5.41, 5.74) is 4.95. The number of nitrogens with zero attached hydrogens (tertiary/aromatic N) is 3. The van der Waals surface area contributed by atoms with E-state index in [0.29, 0.717) is 29.8 Å². The van der Waals surface area contributed by atoms with Gasteiger partial charge < -0.3 is 4.52 Å². The first kappa shape index (κ1) is 18.8. The lowest BCUT2D eigenvalue weighted by Gasteiger charge is -2.28. The molecule has 0 radical (unpaired) electrons. The number of nitrogens with one attached hydrogen (secondary N) is 1. The summed E-state index contributed by atoms with van der Waals surface area (Å²) < 4.78 is 21.5. The summed E-state index contributed by atoms with van der Waals surface area (Å²) in [6, 6.07) is 23.6. The van der Waals surface area contributed by atoms with Gasteiger partial charge in [0, 0.05) is 11.1 Å². The van der Waals surface area contributed by atoms with E-state index in [9.17, 15) is 4.57 Å². The number of fused-ring (bicyclic) bond motifs is 3. The van der Waals surface area contributed by atoms with Crippen LogP contribution in [0.25, 0.3) is 11.1 Å². The summed E-state index contributed by atoms with van der Waals surface area (Å²) in [6.07, 6.45) is 1.87. The van der Waals surface area contributed by atoms with Crippen molar-refractivity contribution in [2.75, 3.05) is 0 Å². The summed E-state index contributed by atoms with van der Waals surface area (Å²) in [4.78, 5) is 0. The normalized spacial score (nSPS) is 17.1. The molecule has 0 saturated heterocycles. The van der Waals surface area contributed by atoms with Crippen LogP contribution in [0.1, 0.15) is 16.8 Å². The fraction of sp³-hybridized carbons (Fsp3) is 0.130. The zero-order valence-corrected chi connectivity index (χ0v) is 17.4. The molecule has 1 N–H and O–H groups in total. The molecule has 1 unspecified atom stereocenters. The summed E-state index contributed by atoms with van der Waals surface area (Å²) in [5.74, 6) is 0.620. The third kappa shape index (κ3) is 3.56. The Morgan fingerprint density at radius 3 is 2.67 bits per heavy atom. The molecular formula is C23H21N4O2P. The fourth-order valence-corrected chi connectivity index (χ4v) is 5.65. The maximum absolute atomic E-state index is 13.7. The van der Waals surface area contributed by atoms with E-state index in [4.69, 9.17) is 4.52 Å². The van der Waals surface area contributed by atoms with E-state index < -0.39 is 7.52 Å². The number of aromatic nitrogens is 3. The van der Waals surface area contributed by atoms with Gasteiger partial charge in [-0.3, -0.25) is 4.57 Å². The second kappa shape index (κ2) is 7.56. The number of hydrogen-bond acceptors (Lipinski definition) is 4. The molecular weight excluding hydrogens is 395 g/mol. The molecule has 0 aliphatic carbocycles. The number of para-hydroxylation sites is 1. The van der Waals surface area contributed by atoms with E-state index >= 15 is 0 Å². The van der Waals surface area contributed by atoms with Crippen LogP contribution >= 0.6 is 7.52 Å². The smallest absolute Gasteiger partial charge is 0.347 e. The van der Waals surface area contributed by atoms with Crippen LogP contribution in [0.4, 0.5) is 0 Å². The minimum atomic E-state index is -3.29. The van der Waals surface area contributed by atoms with E-state index in [0.717, 1.165) is 16.7 Å². The van der Waals surface area contributed by atoms with Crippen LogP contribution in [0.3, 0.4) is 0 Å². The molecule has 0 fully saturated rings.